The molecular weight excluding hydrogens is 180 g/mol. The maximum atomic E-state index is 11.3. The summed E-state index contributed by atoms with van der Waals surface area (Å²) >= 11 is 0. The molecule has 0 aromatic heterocycles. The smallest absolute Gasteiger partial charge is 0.409 e. The molecule has 1 unspecified atom stereocenters. The van der Waals surface area contributed by atoms with Gasteiger partial charge in [-0.15, -0.1) is 0 Å². The lowest BCUT2D eigenvalue weighted by Gasteiger charge is -2.24. The molecule has 0 spiro atoms. The Hall–Kier alpha value is -1.03. The molecule has 1 aliphatic heterocycles. The van der Waals surface area contributed by atoms with Crippen LogP contribution in [0.4, 0.5) is 4.79 Å². The maximum Gasteiger partial charge on any atom is 0.409 e. The van der Waals surface area contributed by atoms with Crippen molar-refractivity contribution in [3.63, 3.8) is 0 Å². The van der Waals surface area contributed by atoms with Crippen molar-refractivity contribution in [2.75, 3.05) is 6.54 Å². The molecule has 1 amide bonds. The van der Waals surface area contributed by atoms with Crippen LogP contribution in [0.3, 0.4) is 0 Å². The predicted molar refractivity (Wildman–Crippen MR) is 54.9 cm³/mol. The van der Waals surface area contributed by atoms with E-state index in [-0.39, 0.29) is 17.9 Å². The number of nitrogens with one attached hydrogen (secondary N) is 2. The standard InChI is InChI=1S/C10H18N2O2/c1-10(2,3)12-9(13)14-8-6-4-5-7-11-8/h4-5,8,11H,6-7H2,1-3H3,(H,12,13). The van der Waals surface area contributed by atoms with Gasteiger partial charge in [-0.1, -0.05) is 12.2 Å². The largest absolute Gasteiger partial charge is 0.430 e. The average Bonchev–Trinajstić information content (AvgIpc) is 2.02. The van der Waals surface area contributed by atoms with E-state index in [9.17, 15) is 4.79 Å². The summed E-state index contributed by atoms with van der Waals surface area (Å²) in [6.45, 7) is 6.51. The number of carbonyl (C=O) groups excluding carboxylic acids is 1. The summed E-state index contributed by atoms with van der Waals surface area (Å²) in [6.07, 6.45) is 4.19. The van der Waals surface area contributed by atoms with Gasteiger partial charge in [-0.3, -0.25) is 5.32 Å². The molecule has 2 N–H and O–H groups in total. The SMILES string of the molecule is CC(C)(C)NC(=O)OC1CC=CCN1. The molecule has 14 heavy (non-hydrogen) atoms. The molecule has 1 aliphatic rings. The highest BCUT2D eigenvalue weighted by atomic mass is 16.6. The molecule has 80 valence electrons. The highest BCUT2D eigenvalue weighted by Crippen LogP contribution is 2.04. The van der Waals surface area contributed by atoms with Gasteiger partial charge in [0.15, 0.2) is 6.23 Å². The molecule has 4 nitrogen and oxygen atoms in total. The summed E-state index contributed by atoms with van der Waals surface area (Å²) < 4.78 is 5.15. The summed E-state index contributed by atoms with van der Waals surface area (Å²) in [7, 11) is 0. The number of hydrogen-bond donors (Lipinski definition) is 2. The first-order chi connectivity index (χ1) is 6.47. The number of rotatable bonds is 1. The summed E-state index contributed by atoms with van der Waals surface area (Å²) in [4.78, 5) is 11.3. The van der Waals surface area contributed by atoms with E-state index >= 15 is 0 Å². The van der Waals surface area contributed by atoms with Gasteiger partial charge in [0, 0.05) is 18.5 Å². The van der Waals surface area contributed by atoms with E-state index in [0.717, 1.165) is 13.0 Å². The van der Waals surface area contributed by atoms with Gasteiger partial charge in [0.25, 0.3) is 0 Å². The molecule has 0 aromatic rings. The zero-order valence-electron chi connectivity index (χ0n) is 8.96. The Morgan fingerprint density at radius 2 is 2.21 bits per heavy atom. The molecule has 0 saturated carbocycles. The Balaban J connectivity index is 2.30. The summed E-state index contributed by atoms with van der Waals surface area (Å²) in [5.41, 5.74) is -0.248. The van der Waals surface area contributed by atoms with Crippen LogP contribution in [-0.2, 0) is 4.74 Å². The molecule has 0 aliphatic carbocycles. The van der Waals surface area contributed by atoms with Crippen molar-refractivity contribution in [1.29, 1.82) is 0 Å². The zero-order chi connectivity index (χ0) is 10.6. The van der Waals surface area contributed by atoms with Crippen LogP contribution >= 0.6 is 0 Å². The quantitative estimate of drug-likeness (QED) is 0.626. The maximum absolute atomic E-state index is 11.3. The van der Waals surface area contributed by atoms with E-state index in [2.05, 4.69) is 10.6 Å². The molecule has 1 atom stereocenters. The van der Waals surface area contributed by atoms with Crippen LogP contribution in [0.15, 0.2) is 12.2 Å². The van der Waals surface area contributed by atoms with Gasteiger partial charge < -0.3 is 10.1 Å². The van der Waals surface area contributed by atoms with Crippen molar-refractivity contribution in [3.8, 4) is 0 Å². The van der Waals surface area contributed by atoms with E-state index in [1.807, 2.05) is 32.9 Å². The van der Waals surface area contributed by atoms with Gasteiger partial charge in [-0.05, 0) is 20.8 Å². The van der Waals surface area contributed by atoms with E-state index in [0.29, 0.717) is 0 Å². The molecule has 1 rings (SSSR count). The molecule has 4 heteroatoms. The van der Waals surface area contributed by atoms with Gasteiger partial charge in [-0.2, -0.15) is 0 Å². The molecule has 0 bridgehead atoms. The predicted octanol–water partition coefficient (Wildman–Crippen LogP) is 1.39. The number of alkyl carbamates (subject to hydrolysis) is 1. The highest BCUT2D eigenvalue weighted by Gasteiger charge is 2.18. The first-order valence-electron chi connectivity index (χ1n) is 4.84. The molecule has 0 fully saturated rings. The van der Waals surface area contributed by atoms with Crippen molar-refractivity contribution in [2.24, 2.45) is 0 Å². The Morgan fingerprint density at radius 3 is 2.71 bits per heavy atom. The van der Waals surface area contributed by atoms with Crippen molar-refractivity contribution in [3.05, 3.63) is 12.2 Å². The summed E-state index contributed by atoms with van der Waals surface area (Å²) in [6, 6.07) is 0. The van der Waals surface area contributed by atoms with Gasteiger partial charge in [0.1, 0.15) is 0 Å². The Morgan fingerprint density at radius 1 is 1.50 bits per heavy atom. The minimum Gasteiger partial charge on any atom is -0.430 e. The second-order valence-corrected chi connectivity index (χ2v) is 4.38. The van der Waals surface area contributed by atoms with Gasteiger partial charge in [-0.25, -0.2) is 4.79 Å². The van der Waals surface area contributed by atoms with Crippen molar-refractivity contribution >= 4 is 6.09 Å². The average molecular weight is 198 g/mol. The van der Waals surface area contributed by atoms with Crippen molar-refractivity contribution < 1.29 is 9.53 Å². The second-order valence-electron chi connectivity index (χ2n) is 4.38. The third-order valence-corrected chi connectivity index (χ3v) is 1.71. The lowest BCUT2D eigenvalue weighted by molar-refractivity contribution is 0.0740. The Labute approximate surface area is 84.7 Å². The minimum absolute atomic E-state index is 0.192. The van der Waals surface area contributed by atoms with E-state index in [1.165, 1.54) is 0 Å². The zero-order valence-corrected chi connectivity index (χ0v) is 8.96. The molecule has 0 saturated heterocycles. The van der Waals surface area contributed by atoms with Crippen LogP contribution in [-0.4, -0.2) is 24.4 Å². The summed E-state index contributed by atoms with van der Waals surface area (Å²) in [5, 5.41) is 5.81. The fraction of sp³-hybridized carbons (Fsp3) is 0.700. The van der Waals surface area contributed by atoms with Gasteiger partial charge >= 0.3 is 6.09 Å². The van der Waals surface area contributed by atoms with Crippen LogP contribution in [0.5, 0.6) is 0 Å². The number of ether oxygens (including phenoxy) is 1. The second kappa shape index (κ2) is 4.46. The van der Waals surface area contributed by atoms with Crippen molar-refractivity contribution in [2.45, 2.75) is 39.0 Å². The van der Waals surface area contributed by atoms with Crippen molar-refractivity contribution in [1.82, 2.24) is 10.6 Å². The van der Waals surface area contributed by atoms with Gasteiger partial charge in [0.2, 0.25) is 0 Å². The fourth-order valence-electron chi connectivity index (χ4n) is 1.14. The van der Waals surface area contributed by atoms with Gasteiger partial charge in [0.05, 0.1) is 0 Å². The Bertz CT molecular complexity index is 231. The van der Waals surface area contributed by atoms with Crippen LogP contribution < -0.4 is 10.6 Å². The third kappa shape index (κ3) is 4.28. The van der Waals surface area contributed by atoms with E-state index < -0.39 is 0 Å². The first kappa shape index (κ1) is 11.0. The van der Waals surface area contributed by atoms with Crippen LogP contribution in [0.1, 0.15) is 27.2 Å². The van der Waals surface area contributed by atoms with Crippen LogP contribution in [0.2, 0.25) is 0 Å². The lowest BCUT2D eigenvalue weighted by atomic mass is 10.1. The topological polar surface area (TPSA) is 50.4 Å². The van der Waals surface area contributed by atoms with Crippen LogP contribution in [0, 0.1) is 0 Å². The molecule has 1 heterocycles. The third-order valence-electron chi connectivity index (χ3n) is 1.71. The van der Waals surface area contributed by atoms with E-state index in [4.69, 9.17) is 4.74 Å². The lowest BCUT2D eigenvalue weighted by Crippen LogP contribution is -2.45. The summed E-state index contributed by atoms with van der Waals surface area (Å²) in [5.74, 6) is 0. The molecule has 0 aromatic carbocycles. The monoisotopic (exact) mass is 198 g/mol. The number of hydrogen-bond acceptors (Lipinski definition) is 3. The minimum atomic E-state index is -0.370. The normalized spacial score (nSPS) is 21.8. The molecule has 0 radical (unpaired) electrons. The highest BCUT2D eigenvalue weighted by molar-refractivity contribution is 5.68. The Kier molecular flexibility index (Phi) is 3.52. The number of carbonyl (C=O) groups is 1. The van der Waals surface area contributed by atoms with Crippen LogP contribution in [0.25, 0.3) is 0 Å². The number of amides is 1. The van der Waals surface area contributed by atoms with E-state index in [1.54, 1.807) is 0 Å². The molecular formula is C10H18N2O2. The first-order valence-corrected chi connectivity index (χ1v) is 4.84. The fourth-order valence-corrected chi connectivity index (χ4v) is 1.14.